The van der Waals surface area contributed by atoms with Gasteiger partial charge in [0, 0.05) is 24.9 Å². The minimum Gasteiger partial charge on any atom is -0.356 e. The predicted octanol–water partition coefficient (Wildman–Crippen LogP) is 2.63. The van der Waals surface area contributed by atoms with E-state index in [1.165, 1.54) is 19.3 Å². The van der Waals surface area contributed by atoms with Gasteiger partial charge in [-0.2, -0.15) is 0 Å². The standard InChI is InChI=1S/C15H30N2O2/c1-5-6-7-8-11-16-13(18)10-9-12-17-14(19)15(2,3)4/h5-12H2,1-4H3,(H,16,18)(H,17,19). The molecule has 0 aliphatic carbocycles. The van der Waals surface area contributed by atoms with Gasteiger partial charge in [0.05, 0.1) is 0 Å². The Morgan fingerprint density at radius 3 is 2.11 bits per heavy atom. The van der Waals surface area contributed by atoms with Crippen molar-refractivity contribution in [3.63, 3.8) is 0 Å². The monoisotopic (exact) mass is 270 g/mol. The fourth-order valence-corrected chi connectivity index (χ4v) is 1.58. The first-order valence-corrected chi connectivity index (χ1v) is 7.43. The second kappa shape index (κ2) is 9.82. The van der Waals surface area contributed by atoms with Crippen LogP contribution in [0.3, 0.4) is 0 Å². The lowest BCUT2D eigenvalue weighted by Gasteiger charge is -2.17. The highest BCUT2D eigenvalue weighted by Gasteiger charge is 2.20. The van der Waals surface area contributed by atoms with Gasteiger partial charge >= 0.3 is 0 Å². The van der Waals surface area contributed by atoms with Gasteiger partial charge in [-0.1, -0.05) is 47.0 Å². The third-order valence-corrected chi connectivity index (χ3v) is 2.90. The molecular weight excluding hydrogens is 240 g/mol. The molecule has 112 valence electrons. The number of nitrogens with one attached hydrogen (secondary N) is 2. The average molecular weight is 270 g/mol. The zero-order valence-corrected chi connectivity index (χ0v) is 13.0. The SMILES string of the molecule is CCCCCCNC(=O)CCCNC(=O)C(C)(C)C. The average Bonchev–Trinajstić information content (AvgIpc) is 2.33. The highest BCUT2D eigenvalue weighted by atomic mass is 16.2. The summed E-state index contributed by atoms with van der Waals surface area (Å²) in [4.78, 5) is 23.1. The van der Waals surface area contributed by atoms with Crippen LogP contribution in [-0.4, -0.2) is 24.9 Å². The van der Waals surface area contributed by atoms with Gasteiger partial charge in [0.1, 0.15) is 0 Å². The number of hydrogen-bond donors (Lipinski definition) is 2. The van der Waals surface area contributed by atoms with E-state index in [9.17, 15) is 9.59 Å². The van der Waals surface area contributed by atoms with Crippen LogP contribution >= 0.6 is 0 Å². The van der Waals surface area contributed by atoms with Crippen LogP contribution in [-0.2, 0) is 9.59 Å². The third-order valence-electron chi connectivity index (χ3n) is 2.90. The smallest absolute Gasteiger partial charge is 0.225 e. The Labute approximate surface area is 117 Å². The van der Waals surface area contributed by atoms with Crippen molar-refractivity contribution in [2.24, 2.45) is 5.41 Å². The fourth-order valence-electron chi connectivity index (χ4n) is 1.58. The van der Waals surface area contributed by atoms with Crippen LogP contribution in [0.4, 0.5) is 0 Å². The Morgan fingerprint density at radius 1 is 0.895 bits per heavy atom. The summed E-state index contributed by atoms with van der Waals surface area (Å²) in [5.74, 6) is 0.119. The van der Waals surface area contributed by atoms with E-state index in [2.05, 4.69) is 17.6 Å². The second-order valence-corrected chi connectivity index (χ2v) is 6.02. The molecule has 0 rings (SSSR count). The van der Waals surface area contributed by atoms with Crippen molar-refractivity contribution >= 4 is 11.8 Å². The van der Waals surface area contributed by atoms with E-state index >= 15 is 0 Å². The summed E-state index contributed by atoms with van der Waals surface area (Å²) in [6.07, 6.45) is 5.86. The highest BCUT2D eigenvalue weighted by Crippen LogP contribution is 2.12. The molecule has 2 N–H and O–H groups in total. The van der Waals surface area contributed by atoms with Gasteiger partial charge in [0.25, 0.3) is 0 Å². The minimum absolute atomic E-state index is 0.0347. The Hall–Kier alpha value is -1.06. The van der Waals surface area contributed by atoms with Crippen LogP contribution in [0.25, 0.3) is 0 Å². The fraction of sp³-hybridized carbons (Fsp3) is 0.867. The van der Waals surface area contributed by atoms with Gasteiger partial charge in [-0.15, -0.1) is 0 Å². The summed E-state index contributed by atoms with van der Waals surface area (Å²) in [5.41, 5.74) is -0.360. The zero-order valence-electron chi connectivity index (χ0n) is 13.0. The summed E-state index contributed by atoms with van der Waals surface area (Å²) in [5, 5.41) is 5.75. The lowest BCUT2D eigenvalue weighted by atomic mass is 9.96. The van der Waals surface area contributed by atoms with Crippen molar-refractivity contribution in [3.8, 4) is 0 Å². The summed E-state index contributed by atoms with van der Waals surface area (Å²) in [6, 6.07) is 0. The molecule has 0 radical (unpaired) electrons. The summed E-state index contributed by atoms with van der Waals surface area (Å²) in [7, 11) is 0. The quantitative estimate of drug-likeness (QED) is 0.633. The Balaban J connectivity index is 3.46. The normalized spacial score (nSPS) is 11.2. The topological polar surface area (TPSA) is 58.2 Å². The van der Waals surface area contributed by atoms with Crippen LogP contribution in [0, 0.1) is 5.41 Å². The molecule has 0 atom stereocenters. The molecular formula is C15H30N2O2. The van der Waals surface area contributed by atoms with Crippen molar-refractivity contribution in [2.75, 3.05) is 13.1 Å². The summed E-state index contributed by atoms with van der Waals surface area (Å²) >= 11 is 0. The molecule has 0 fully saturated rings. The molecule has 4 nitrogen and oxygen atoms in total. The first-order chi connectivity index (χ1) is 8.88. The molecule has 2 amide bonds. The van der Waals surface area contributed by atoms with Gasteiger partial charge < -0.3 is 10.6 Å². The maximum absolute atomic E-state index is 11.6. The number of hydrogen-bond acceptors (Lipinski definition) is 2. The Bertz CT molecular complexity index is 270. The molecule has 0 aromatic carbocycles. The molecule has 0 spiro atoms. The van der Waals surface area contributed by atoms with Gasteiger partial charge in [-0.05, 0) is 12.8 Å². The lowest BCUT2D eigenvalue weighted by molar-refractivity contribution is -0.128. The van der Waals surface area contributed by atoms with E-state index in [0.29, 0.717) is 19.4 Å². The van der Waals surface area contributed by atoms with Crippen LogP contribution in [0.2, 0.25) is 0 Å². The summed E-state index contributed by atoms with van der Waals surface area (Å²) < 4.78 is 0. The second-order valence-electron chi connectivity index (χ2n) is 6.02. The lowest BCUT2D eigenvalue weighted by Crippen LogP contribution is -2.35. The third kappa shape index (κ3) is 10.5. The van der Waals surface area contributed by atoms with E-state index in [1.807, 2.05) is 20.8 Å². The maximum atomic E-state index is 11.6. The van der Waals surface area contributed by atoms with Gasteiger partial charge in [0.2, 0.25) is 11.8 Å². The molecule has 0 saturated heterocycles. The number of amides is 2. The van der Waals surface area contributed by atoms with E-state index < -0.39 is 0 Å². The zero-order chi connectivity index (χ0) is 14.7. The largest absolute Gasteiger partial charge is 0.356 e. The van der Waals surface area contributed by atoms with Crippen molar-refractivity contribution in [1.29, 1.82) is 0 Å². The molecule has 0 heterocycles. The van der Waals surface area contributed by atoms with Crippen molar-refractivity contribution in [2.45, 2.75) is 66.2 Å². The summed E-state index contributed by atoms with van der Waals surface area (Å²) in [6.45, 7) is 9.15. The molecule has 0 aromatic rings. The van der Waals surface area contributed by atoms with Crippen molar-refractivity contribution in [1.82, 2.24) is 10.6 Å². The number of rotatable bonds is 9. The van der Waals surface area contributed by atoms with Crippen LogP contribution in [0.1, 0.15) is 66.2 Å². The number of unbranched alkanes of at least 4 members (excludes halogenated alkanes) is 3. The number of carbonyl (C=O) groups excluding carboxylic acids is 2. The molecule has 19 heavy (non-hydrogen) atoms. The van der Waals surface area contributed by atoms with Gasteiger partial charge in [-0.25, -0.2) is 0 Å². The van der Waals surface area contributed by atoms with Crippen molar-refractivity contribution in [3.05, 3.63) is 0 Å². The molecule has 0 aliphatic rings. The molecule has 4 heteroatoms. The van der Waals surface area contributed by atoms with Crippen LogP contribution < -0.4 is 10.6 Å². The molecule has 0 aromatic heterocycles. The molecule has 0 unspecified atom stereocenters. The van der Waals surface area contributed by atoms with Gasteiger partial charge in [-0.3, -0.25) is 9.59 Å². The number of carbonyl (C=O) groups is 2. The van der Waals surface area contributed by atoms with Crippen molar-refractivity contribution < 1.29 is 9.59 Å². The van der Waals surface area contributed by atoms with Crippen LogP contribution in [0.15, 0.2) is 0 Å². The first-order valence-electron chi connectivity index (χ1n) is 7.43. The van der Waals surface area contributed by atoms with E-state index in [1.54, 1.807) is 0 Å². The Kier molecular flexibility index (Phi) is 9.27. The van der Waals surface area contributed by atoms with E-state index in [-0.39, 0.29) is 17.2 Å². The van der Waals surface area contributed by atoms with Gasteiger partial charge in [0.15, 0.2) is 0 Å². The molecule has 0 bridgehead atoms. The van der Waals surface area contributed by atoms with E-state index in [4.69, 9.17) is 0 Å². The molecule has 0 saturated carbocycles. The molecule has 0 aliphatic heterocycles. The Morgan fingerprint density at radius 2 is 1.53 bits per heavy atom. The van der Waals surface area contributed by atoms with Crippen LogP contribution in [0.5, 0.6) is 0 Å². The van der Waals surface area contributed by atoms with E-state index in [0.717, 1.165) is 13.0 Å². The maximum Gasteiger partial charge on any atom is 0.225 e. The predicted molar refractivity (Wildman–Crippen MR) is 78.9 cm³/mol. The minimum atomic E-state index is -0.360. The highest BCUT2D eigenvalue weighted by molar-refractivity contribution is 5.81. The first kappa shape index (κ1) is 17.9.